The van der Waals surface area contributed by atoms with E-state index in [9.17, 15) is 4.79 Å². The molecule has 0 atom stereocenters. The first-order chi connectivity index (χ1) is 9.10. The van der Waals surface area contributed by atoms with Crippen LogP contribution in [0.2, 0.25) is 5.02 Å². The van der Waals surface area contributed by atoms with Gasteiger partial charge in [-0.15, -0.1) is 0 Å². The summed E-state index contributed by atoms with van der Waals surface area (Å²) in [6, 6.07) is 12.4. The zero-order valence-electron chi connectivity index (χ0n) is 10.4. The monoisotopic (exact) mass is 275 g/mol. The highest BCUT2D eigenvalue weighted by Gasteiger charge is 2.07. The Morgan fingerprint density at radius 2 is 2.00 bits per heavy atom. The number of carbonyl (C=O) groups is 1. The lowest BCUT2D eigenvalue weighted by Gasteiger charge is -2.11. The van der Waals surface area contributed by atoms with Crippen LogP contribution in [0.4, 0.5) is 17.1 Å². The summed E-state index contributed by atoms with van der Waals surface area (Å²) in [5.74, 6) is -0.158. The van der Waals surface area contributed by atoms with Crippen LogP contribution in [0.3, 0.4) is 0 Å². The molecule has 0 radical (unpaired) electrons. The fourth-order valence-corrected chi connectivity index (χ4v) is 1.86. The summed E-state index contributed by atoms with van der Waals surface area (Å²) in [5, 5.41) is 6.35. The number of halogens is 1. The Morgan fingerprint density at radius 3 is 2.68 bits per heavy atom. The molecule has 4 N–H and O–H groups in total. The van der Waals surface area contributed by atoms with Crippen LogP contribution in [0, 0.1) is 0 Å². The Morgan fingerprint density at radius 1 is 1.21 bits per heavy atom. The van der Waals surface area contributed by atoms with Gasteiger partial charge >= 0.3 is 0 Å². The van der Waals surface area contributed by atoms with Gasteiger partial charge in [0.25, 0.3) is 5.91 Å². The van der Waals surface area contributed by atoms with Gasteiger partial charge in [0, 0.05) is 23.3 Å². The van der Waals surface area contributed by atoms with E-state index in [1.807, 2.05) is 12.1 Å². The maximum Gasteiger partial charge on any atom is 0.251 e. The van der Waals surface area contributed by atoms with E-state index in [0.717, 1.165) is 5.69 Å². The smallest absolute Gasteiger partial charge is 0.251 e. The summed E-state index contributed by atoms with van der Waals surface area (Å²) < 4.78 is 0. The van der Waals surface area contributed by atoms with Crippen molar-refractivity contribution in [1.82, 2.24) is 5.32 Å². The maximum absolute atomic E-state index is 11.6. The minimum Gasteiger partial charge on any atom is -0.397 e. The first-order valence-electron chi connectivity index (χ1n) is 5.74. The topological polar surface area (TPSA) is 67.2 Å². The maximum atomic E-state index is 11.6. The van der Waals surface area contributed by atoms with Gasteiger partial charge in [-0.3, -0.25) is 4.79 Å². The largest absolute Gasteiger partial charge is 0.397 e. The number of hydrogen-bond acceptors (Lipinski definition) is 3. The van der Waals surface area contributed by atoms with Gasteiger partial charge in [0.05, 0.1) is 11.4 Å². The first kappa shape index (κ1) is 13.2. The fourth-order valence-electron chi connectivity index (χ4n) is 1.67. The van der Waals surface area contributed by atoms with E-state index >= 15 is 0 Å². The van der Waals surface area contributed by atoms with Crippen LogP contribution < -0.4 is 16.4 Å². The molecule has 0 aliphatic heterocycles. The van der Waals surface area contributed by atoms with Gasteiger partial charge in [-0.05, 0) is 36.4 Å². The lowest BCUT2D eigenvalue weighted by molar-refractivity contribution is 0.0963. The lowest BCUT2D eigenvalue weighted by atomic mass is 10.1. The summed E-state index contributed by atoms with van der Waals surface area (Å²) in [5.41, 5.74) is 8.48. The average Bonchev–Trinajstić information content (AvgIpc) is 2.40. The molecule has 4 nitrogen and oxygen atoms in total. The van der Waals surface area contributed by atoms with E-state index < -0.39 is 0 Å². The van der Waals surface area contributed by atoms with E-state index in [4.69, 9.17) is 17.3 Å². The Kier molecular flexibility index (Phi) is 3.92. The highest BCUT2D eigenvalue weighted by molar-refractivity contribution is 6.30. The first-order valence-corrected chi connectivity index (χ1v) is 6.12. The van der Waals surface area contributed by atoms with Gasteiger partial charge in [0.2, 0.25) is 0 Å². The molecule has 2 rings (SSSR count). The number of benzene rings is 2. The van der Waals surface area contributed by atoms with Crippen molar-refractivity contribution < 1.29 is 4.79 Å². The Balaban J connectivity index is 2.31. The molecule has 0 unspecified atom stereocenters. The van der Waals surface area contributed by atoms with E-state index in [0.29, 0.717) is 22.0 Å². The number of hydrogen-bond donors (Lipinski definition) is 3. The van der Waals surface area contributed by atoms with Crippen molar-refractivity contribution in [2.75, 3.05) is 18.1 Å². The van der Waals surface area contributed by atoms with Crippen LogP contribution in [0.5, 0.6) is 0 Å². The average molecular weight is 276 g/mol. The number of amides is 1. The van der Waals surface area contributed by atoms with Crippen molar-refractivity contribution in [2.45, 2.75) is 0 Å². The van der Waals surface area contributed by atoms with Gasteiger partial charge in [-0.2, -0.15) is 0 Å². The Labute approximate surface area is 116 Å². The molecule has 0 fully saturated rings. The second kappa shape index (κ2) is 5.63. The standard InChI is InChI=1S/C14H14ClN3O/c1-17-14(19)9-5-6-12(16)13(7-9)18-11-4-2-3-10(15)8-11/h2-8,18H,16H2,1H3,(H,17,19). The molecule has 0 aromatic heterocycles. The molecule has 2 aromatic carbocycles. The molecule has 0 aliphatic carbocycles. The summed E-state index contributed by atoms with van der Waals surface area (Å²) in [7, 11) is 1.59. The highest BCUT2D eigenvalue weighted by Crippen LogP contribution is 2.25. The highest BCUT2D eigenvalue weighted by atomic mass is 35.5. The molecule has 0 saturated carbocycles. The third kappa shape index (κ3) is 3.17. The number of anilines is 3. The van der Waals surface area contributed by atoms with Crippen LogP contribution >= 0.6 is 11.6 Å². The molecule has 0 spiro atoms. The van der Waals surface area contributed by atoms with Crippen molar-refractivity contribution in [3.05, 3.63) is 53.1 Å². The number of nitrogens with two attached hydrogens (primary N) is 1. The van der Waals surface area contributed by atoms with E-state index in [2.05, 4.69) is 10.6 Å². The molecule has 98 valence electrons. The quantitative estimate of drug-likeness (QED) is 0.754. The molecule has 0 aliphatic rings. The van der Waals surface area contributed by atoms with Gasteiger partial charge < -0.3 is 16.4 Å². The number of carbonyl (C=O) groups excluding carboxylic acids is 1. The molecule has 0 bridgehead atoms. The zero-order valence-corrected chi connectivity index (χ0v) is 11.2. The predicted molar refractivity (Wildman–Crippen MR) is 79.0 cm³/mol. The molecular formula is C14H14ClN3O. The van der Waals surface area contributed by atoms with Gasteiger partial charge in [-0.1, -0.05) is 17.7 Å². The molecule has 5 heteroatoms. The van der Waals surface area contributed by atoms with Gasteiger partial charge in [-0.25, -0.2) is 0 Å². The summed E-state index contributed by atoms with van der Waals surface area (Å²) in [6.07, 6.45) is 0. The van der Waals surface area contributed by atoms with Gasteiger partial charge in [0.1, 0.15) is 0 Å². The zero-order chi connectivity index (χ0) is 13.8. The normalized spacial score (nSPS) is 10.0. The van der Waals surface area contributed by atoms with Crippen LogP contribution in [0.1, 0.15) is 10.4 Å². The van der Waals surface area contributed by atoms with Crippen LogP contribution in [-0.4, -0.2) is 13.0 Å². The number of nitrogen functional groups attached to an aromatic ring is 1. The van der Waals surface area contributed by atoms with E-state index in [1.54, 1.807) is 37.4 Å². The second-order valence-corrected chi connectivity index (χ2v) is 4.45. The lowest BCUT2D eigenvalue weighted by Crippen LogP contribution is -2.17. The van der Waals surface area contributed by atoms with Crippen LogP contribution in [0.15, 0.2) is 42.5 Å². The van der Waals surface area contributed by atoms with E-state index in [1.165, 1.54) is 0 Å². The minimum atomic E-state index is -0.158. The summed E-state index contributed by atoms with van der Waals surface area (Å²) >= 11 is 5.92. The molecule has 1 amide bonds. The second-order valence-electron chi connectivity index (χ2n) is 4.02. The predicted octanol–water partition coefficient (Wildman–Crippen LogP) is 3.03. The minimum absolute atomic E-state index is 0.158. The van der Waals surface area contributed by atoms with Gasteiger partial charge in [0.15, 0.2) is 0 Å². The Hall–Kier alpha value is -2.20. The third-order valence-corrected chi connectivity index (χ3v) is 2.88. The third-order valence-electron chi connectivity index (χ3n) is 2.65. The summed E-state index contributed by atoms with van der Waals surface area (Å²) in [6.45, 7) is 0. The van der Waals surface area contributed by atoms with Crippen molar-refractivity contribution in [1.29, 1.82) is 0 Å². The Bertz CT molecular complexity index is 613. The number of rotatable bonds is 3. The van der Waals surface area contributed by atoms with E-state index in [-0.39, 0.29) is 5.91 Å². The molecule has 0 saturated heterocycles. The molecule has 0 heterocycles. The molecule has 19 heavy (non-hydrogen) atoms. The van der Waals surface area contributed by atoms with Crippen molar-refractivity contribution >= 4 is 34.6 Å². The van der Waals surface area contributed by atoms with Crippen molar-refractivity contribution in [2.24, 2.45) is 0 Å². The number of nitrogens with one attached hydrogen (secondary N) is 2. The fraction of sp³-hybridized carbons (Fsp3) is 0.0714. The van der Waals surface area contributed by atoms with Crippen LogP contribution in [-0.2, 0) is 0 Å². The molecular weight excluding hydrogens is 262 g/mol. The summed E-state index contributed by atoms with van der Waals surface area (Å²) in [4.78, 5) is 11.6. The van der Waals surface area contributed by atoms with Crippen LogP contribution in [0.25, 0.3) is 0 Å². The SMILES string of the molecule is CNC(=O)c1ccc(N)c(Nc2cccc(Cl)c2)c1. The van der Waals surface area contributed by atoms with Crippen molar-refractivity contribution in [3.8, 4) is 0 Å². The molecule has 2 aromatic rings. The van der Waals surface area contributed by atoms with Crippen molar-refractivity contribution in [3.63, 3.8) is 0 Å².